The van der Waals surface area contributed by atoms with Crippen LogP contribution in [0.1, 0.15) is 53.6 Å². The summed E-state index contributed by atoms with van der Waals surface area (Å²) in [5.74, 6) is -0.480. The zero-order chi connectivity index (χ0) is 18.3. The number of benzene rings is 1. The quantitative estimate of drug-likeness (QED) is 0.795. The van der Waals surface area contributed by atoms with Crippen molar-refractivity contribution >= 4 is 11.8 Å². The second-order valence-electron chi connectivity index (χ2n) is 6.98. The van der Waals surface area contributed by atoms with Crippen LogP contribution in [-0.4, -0.2) is 28.9 Å². The summed E-state index contributed by atoms with van der Waals surface area (Å²) in [6.07, 6.45) is 3.24. The van der Waals surface area contributed by atoms with Gasteiger partial charge >= 0.3 is 0 Å². The molecule has 2 aromatic rings. The minimum atomic E-state index is -0.333. The van der Waals surface area contributed by atoms with Gasteiger partial charge in [0.1, 0.15) is 5.69 Å². The Morgan fingerprint density at radius 2 is 1.76 bits per heavy atom. The van der Waals surface area contributed by atoms with Crippen LogP contribution >= 0.6 is 0 Å². The maximum atomic E-state index is 12.2. The first kappa shape index (κ1) is 18.6. The topological polar surface area (TPSA) is 71.1 Å². The number of hydrogen-bond donors (Lipinski definition) is 2. The normalized spacial score (nSPS) is 11.0. The minimum Gasteiger partial charge on any atom is -0.351 e. The van der Waals surface area contributed by atoms with E-state index >= 15 is 0 Å². The Morgan fingerprint density at radius 3 is 2.44 bits per heavy atom. The lowest BCUT2D eigenvalue weighted by Gasteiger charge is -2.20. The number of carbonyl (C=O) groups excluding carboxylic acids is 2. The molecule has 1 aromatic carbocycles. The van der Waals surface area contributed by atoms with Gasteiger partial charge in [-0.15, -0.1) is 0 Å². The van der Waals surface area contributed by atoms with E-state index in [-0.39, 0.29) is 23.0 Å². The molecule has 0 saturated heterocycles. The maximum Gasteiger partial charge on any atom is 0.269 e. The molecule has 0 unspecified atom stereocenters. The van der Waals surface area contributed by atoms with Crippen molar-refractivity contribution in [2.45, 2.75) is 39.2 Å². The van der Waals surface area contributed by atoms with Crippen LogP contribution in [-0.2, 0) is 6.42 Å². The molecule has 25 heavy (non-hydrogen) atoms. The number of carbonyl (C=O) groups is 2. The molecule has 1 heterocycles. The van der Waals surface area contributed by atoms with E-state index < -0.39 is 0 Å². The summed E-state index contributed by atoms with van der Waals surface area (Å²) < 4.78 is 0. The molecule has 5 nitrogen and oxygen atoms in total. The lowest BCUT2D eigenvalue weighted by Crippen LogP contribution is -2.40. The zero-order valence-electron chi connectivity index (χ0n) is 15.0. The van der Waals surface area contributed by atoms with Crippen LogP contribution in [0.15, 0.2) is 48.7 Å². The molecule has 0 saturated carbocycles. The first-order chi connectivity index (χ1) is 11.8. The third kappa shape index (κ3) is 6.37. The van der Waals surface area contributed by atoms with Crippen LogP contribution in [0.5, 0.6) is 0 Å². The first-order valence-electron chi connectivity index (χ1n) is 8.46. The third-order valence-electron chi connectivity index (χ3n) is 3.51. The maximum absolute atomic E-state index is 12.2. The van der Waals surface area contributed by atoms with Crippen molar-refractivity contribution in [1.29, 1.82) is 0 Å². The zero-order valence-corrected chi connectivity index (χ0v) is 15.0. The molecule has 132 valence electrons. The summed E-state index contributed by atoms with van der Waals surface area (Å²) in [7, 11) is 0. The molecule has 2 N–H and O–H groups in total. The van der Waals surface area contributed by atoms with Crippen molar-refractivity contribution in [3.8, 4) is 0 Å². The summed E-state index contributed by atoms with van der Waals surface area (Å²) in [4.78, 5) is 28.5. The van der Waals surface area contributed by atoms with Crippen molar-refractivity contribution in [1.82, 2.24) is 15.6 Å². The lowest BCUT2D eigenvalue weighted by molar-refractivity contribution is 0.0919. The van der Waals surface area contributed by atoms with Crippen LogP contribution < -0.4 is 10.6 Å². The number of pyridine rings is 1. The Hall–Kier alpha value is -2.69. The van der Waals surface area contributed by atoms with E-state index in [1.807, 2.05) is 39.0 Å². The van der Waals surface area contributed by atoms with E-state index in [1.165, 1.54) is 17.8 Å². The molecule has 0 bridgehead atoms. The fourth-order valence-corrected chi connectivity index (χ4v) is 2.34. The summed E-state index contributed by atoms with van der Waals surface area (Å²) >= 11 is 0. The molecule has 0 fully saturated rings. The average Bonchev–Trinajstić information content (AvgIpc) is 2.58. The highest BCUT2D eigenvalue weighted by Crippen LogP contribution is 2.06. The van der Waals surface area contributed by atoms with Gasteiger partial charge in [-0.1, -0.05) is 30.3 Å². The molecule has 2 amide bonds. The molecule has 1 aromatic heterocycles. The first-order valence-corrected chi connectivity index (χ1v) is 8.46. The smallest absolute Gasteiger partial charge is 0.269 e. The number of hydrogen-bond acceptors (Lipinski definition) is 3. The second-order valence-corrected chi connectivity index (χ2v) is 6.98. The van der Waals surface area contributed by atoms with Gasteiger partial charge in [-0.3, -0.25) is 14.6 Å². The Bertz CT molecular complexity index is 721. The molecule has 0 aliphatic heterocycles. The highest BCUT2D eigenvalue weighted by atomic mass is 16.2. The van der Waals surface area contributed by atoms with Gasteiger partial charge in [0.05, 0.1) is 0 Å². The van der Waals surface area contributed by atoms with Crippen molar-refractivity contribution < 1.29 is 9.59 Å². The molecule has 0 aliphatic rings. The van der Waals surface area contributed by atoms with E-state index in [9.17, 15) is 9.59 Å². The number of nitrogens with one attached hydrogen (secondary N) is 2. The predicted octanol–water partition coefficient (Wildman–Crippen LogP) is 2.97. The number of amides is 2. The van der Waals surface area contributed by atoms with Gasteiger partial charge in [0.2, 0.25) is 0 Å². The molecule has 0 spiro atoms. The van der Waals surface area contributed by atoms with Crippen molar-refractivity contribution in [3.05, 3.63) is 65.5 Å². The van der Waals surface area contributed by atoms with E-state index in [0.717, 1.165) is 12.8 Å². The fraction of sp³-hybridized carbons (Fsp3) is 0.350. The second kappa shape index (κ2) is 8.42. The number of aryl methyl sites for hydroxylation is 1. The van der Waals surface area contributed by atoms with Crippen molar-refractivity contribution in [2.24, 2.45) is 0 Å². The summed E-state index contributed by atoms with van der Waals surface area (Å²) in [5.41, 5.74) is 1.59. The molecule has 0 radical (unpaired) electrons. The van der Waals surface area contributed by atoms with Crippen molar-refractivity contribution in [3.63, 3.8) is 0 Å². The third-order valence-corrected chi connectivity index (χ3v) is 3.51. The number of rotatable bonds is 6. The fourth-order valence-electron chi connectivity index (χ4n) is 2.34. The Balaban J connectivity index is 1.87. The SMILES string of the molecule is CC(C)(C)NC(=O)c1ccnc(C(=O)NCCCc2ccccc2)c1. The van der Waals surface area contributed by atoms with Crippen LogP contribution in [0.4, 0.5) is 0 Å². The minimum absolute atomic E-state index is 0.215. The van der Waals surface area contributed by atoms with Crippen LogP contribution in [0.3, 0.4) is 0 Å². The molecular weight excluding hydrogens is 314 g/mol. The highest BCUT2D eigenvalue weighted by Gasteiger charge is 2.17. The largest absolute Gasteiger partial charge is 0.351 e. The Labute approximate surface area is 148 Å². The molecule has 5 heteroatoms. The highest BCUT2D eigenvalue weighted by molar-refractivity contribution is 5.98. The van der Waals surface area contributed by atoms with Crippen LogP contribution in [0.25, 0.3) is 0 Å². The molecular formula is C20H25N3O2. The van der Waals surface area contributed by atoms with Gasteiger partial charge in [0, 0.05) is 23.8 Å². The van der Waals surface area contributed by atoms with Gasteiger partial charge in [-0.2, -0.15) is 0 Å². The number of aromatic nitrogens is 1. The van der Waals surface area contributed by atoms with Crippen molar-refractivity contribution in [2.75, 3.05) is 6.54 Å². The van der Waals surface area contributed by atoms with Gasteiger partial charge in [-0.05, 0) is 51.3 Å². The molecule has 0 atom stereocenters. The average molecular weight is 339 g/mol. The summed E-state index contributed by atoms with van der Waals surface area (Å²) in [6, 6.07) is 13.3. The lowest BCUT2D eigenvalue weighted by atomic mass is 10.1. The number of nitrogens with zero attached hydrogens (tertiary/aromatic N) is 1. The van der Waals surface area contributed by atoms with E-state index in [1.54, 1.807) is 6.07 Å². The summed E-state index contributed by atoms with van der Waals surface area (Å²) in [6.45, 7) is 6.29. The van der Waals surface area contributed by atoms with Gasteiger partial charge < -0.3 is 10.6 Å². The van der Waals surface area contributed by atoms with Gasteiger partial charge in [-0.25, -0.2) is 0 Å². The Morgan fingerprint density at radius 1 is 1.04 bits per heavy atom. The van der Waals surface area contributed by atoms with E-state index in [0.29, 0.717) is 12.1 Å². The predicted molar refractivity (Wildman–Crippen MR) is 98.6 cm³/mol. The monoisotopic (exact) mass is 339 g/mol. The van der Waals surface area contributed by atoms with Gasteiger partial charge in [0.25, 0.3) is 11.8 Å². The van der Waals surface area contributed by atoms with Crippen LogP contribution in [0.2, 0.25) is 0 Å². The van der Waals surface area contributed by atoms with Crippen LogP contribution in [0, 0.1) is 0 Å². The molecule has 2 rings (SSSR count). The molecule has 0 aliphatic carbocycles. The van der Waals surface area contributed by atoms with E-state index in [4.69, 9.17) is 0 Å². The Kier molecular flexibility index (Phi) is 6.28. The van der Waals surface area contributed by atoms with E-state index in [2.05, 4.69) is 27.8 Å². The summed E-state index contributed by atoms with van der Waals surface area (Å²) in [5, 5.41) is 5.72. The van der Waals surface area contributed by atoms with Gasteiger partial charge in [0.15, 0.2) is 0 Å². The standard InChI is InChI=1S/C20H25N3O2/c1-20(2,3)23-18(24)16-11-13-21-17(14-16)19(25)22-12-7-10-15-8-5-4-6-9-15/h4-6,8-9,11,13-14H,7,10,12H2,1-3H3,(H,22,25)(H,23,24).